The van der Waals surface area contributed by atoms with Crippen LogP contribution < -0.4 is 14.8 Å². The molecule has 1 aliphatic rings. The van der Waals surface area contributed by atoms with E-state index < -0.39 is 16.1 Å². The Bertz CT molecular complexity index is 1010. The summed E-state index contributed by atoms with van der Waals surface area (Å²) in [5.74, 6) is 0.325. The number of carbonyl (C=O) groups excluding carboxylic acids is 1. The highest BCUT2D eigenvalue weighted by Gasteiger charge is 2.30. The number of aryl methyl sites for hydroxylation is 1. The third-order valence-electron chi connectivity index (χ3n) is 4.99. The number of nitrogens with one attached hydrogen (secondary N) is 2. The van der Waals surface area contributed by atoms with Crippen molar-refractivity contribution in [3.8, 4) is 5.75 Å². The number of hydrogen-bond donors (Lipinski definition) is 2. The predicted molar refractivity (Wildman–Crippen MR) is 117 cm³/mol. The summed E-state index contributed by atoms with van der Waals surface area (Å²) in [5, 5.41) is 3.48. The number of hydrogen-bond acceptors (Lipinski definition) is 4. The normalized spacial score (nSPS) is 17.2. The van der Waals surface area contributed by atoms with Crippen molar-refractivity contribution < 1.29 is 17.9 Å². The van der Waals surface area contributed by atoms with Crippen LogP contribution in [-0.4, -0.2) is 27.0 Å². The first kappa shape index (κ1) is 22.6. The topological polar surface area (TPSA) is 84.5 Å². The maximum atomic E-state index is 13.1. The van der Waals surface area contributed by atoms with E-state index in [0.717, 1.165) is 11.1 Å². The summed E-state index contributed by atoms with van der Waals surface area (Å²) in [6.45, 7) is 6.20. The van der Waals surface area contributed by atoms with Crippen LogP contribution in [-0.2, 0) is 14.8 Å². The number of benzene rings is 2. The van der Waals surface area contributed by atoms with Gasteiger partial charge in [0.05, 0.1) is 22.6 Å². The molecule has 0 saturated carbocycles. The summed E-state index contributed by atoms with van der Waals surface area (Å²) in [7, 11) is -3.83. The second kappa shape index (κ2) is 9.37. The van der Waals surface area contributed by atoms with Gasteiger partial charge in [0.1, 0.15) is 11.8 Å². The number of rotatable bonds is 7. The van der Waals surface area contributed by atoms with Crippen molar-refractivity contribution >= 4 is 27.5 Å². The number of carbonyl (C=O) groups is 1. The lowest BCUT2D eigenvalue weighted by molar-refractivity contribution is -0.124. The van der Waals surface area contributed by atoms with Crippen LogP contribution in [0.3, 0.4) is 0 Å². The highest BCUT2D eigenvalue weighted by Crippen LogP contribution is 2.37. The quantitative estimate of drug-likeness (QED) is 0.668. The Kier molecular flexibility index (Phi) is 7.06. The van der Waals surface area contributed by atoms with Crippen LogP contribution in [0.25, 0.3) is 0 Å². The van der Waals surface area contributed by atoms with E-state index in [1.54, 1.807) is 36.4 Å². The second-order valence-electron chi connectivity index (χ2n) is 7.97. The van der Waals surface area contributed by atoms with Gasteiger partial charge in [0.25, 0.3) is 0 Å². The summed E-state index contributed by atoms with van der Waals surface area (Å²) < 4.78 is 33.9. The van der Waals surface area contributed by atoms with E-state index in [2.05, 4.69) is 10.0 Å². The van der Waals surface area contributed by atoms with Crippen molar-refractivity contribution in [3.05, 3.63) is 58.6 Å². The van der Waals surface area contributed by atoms with Crippen LogP contribution in [0.1, 0.15) is 43.9 Å². The molecule has 1 amide bonds. The Balaban J connectivity index is 1.80. The van der Waals surface area contributed by atoms with E-state index in [-0.39, 0.29) is 22.8 Å². The first-order valence-electron chi connectivity index (χ1n) is 9.98. The Labute approximate surface area is 183 Å². The van der Waals surface area contributed by atoms with Crippen LogP contribution in [0.2, 0.25) is 5.02 Å². The van der Waals surface area contributed by atoms with Gasteiger partial charge in [0, 0.05) is 12.0 Å². The zero-order valence-electron chi connectivity index (χ0n) is 17.3. The maximum absolute atomic E-state index is 13.1. The Morgan fingerprint density at radius 3 is 2.57 bits per heavy atom. The number of amides is 1. The van der Waals surface area contributed by atoms with Gasteiger partial charge in [-0.05, 0) is 37.5 Å². The SMILES string of the molecule is Cc1ccc(S(=O)(=O)NC(CC(C)C)C(=O)NC2CCOc3c(Cl)cccc32)cc1. The second-order valence-corrected chi connectivity index (χ2v) is 10.1. The van der Waals surface area contributed by atoms with E-state index in [9.17, 15) is 13.2 Å². The number of para-hydroxylation sites is 1. The molecule has 0 saturated heterocycles. The molecule has 2 aromatic carbocycles. The minimum atomic E-state index is -3.83. The lowest BCUT2D eigenvalue weighted by atomic mass is 9.99. The number of ether oxygens (including phenoxy) is 1. The molecule has 162 valence electrons. The van der Waals surface area contributed by atoms with Crippen LogP contribution in [0.15, 0.2) is 47.4 Å². The largest absolute Gasteiger partial charge is 0.492 e. The monoisotopic (exact) mass is 450 g/mol. The maximum Gasteiger partial charge on any atom is 0.241 e. The Morgan fingerprint density at radius 1 is 1.20 bits per heavy atom. The van der Waals surface area contributed by atoms with E-state index in [1.165, 1.54) is 0 Å². The molecule has 1 heterocycles. The average Bonchev–Trinajstić information content (AvgIpc) is 2.68. The highest BCUT2D eigenvalue weighted by molar-refractivity contribution is 7.89. The van der Waals surface area contributed by atoms with Crippen molar-refractivity contribution in [2.45, 2.75) is 50.6 Å². The summed E-state index contributed by atoms with van der Waals surface area (Å²) in [6.07, 6.45) is 0.959. The van der Waals surface area contributed by atoms with Gasteiger partial charge < -0.3 is 10.1 Å². The molecule has 0 fully saturated rings. The molecule has 0 bridgehead atoms. The molecule has 2 unspecified atom stereocenters. The fourth-order valence-corrected chi connectivity index (χ4v) is 4.91. The molecule has 0 spiro atoms. The zero-order valence-corrected chi connectivity index (χ0v) is 18.9. The third kappa shape index (κ3) is 5.33. The smallest absolute Gasteiger partial charge is 0.241 e. The van der Waals surface area contributed by atoms with Crippen molar-refractivity contribution in [1.82, 2.24) is 10.0 Å². The molecule has 2 N–H and O–H groups in total. The molecule has 2 aromatic rings. The fraction of sp³-hybridized carbons (Fsp3) is 0.409. The standard InChI is InChI=1S/C22H27ClN2O4S/c1-14(2)13-20(25-30(27,28)16-9-7-15(3)8-10-16)22(26)24-19-11-12-29-21-17(19)5-4-6-18(21)23/h4-10,14,19-20,25H,11-13H2,1-3H3,(H,24,26). The van der Waals surface area contributed by atoms with Gasteiger partial charge in [0.15, 0.2) is 0 Å². The minimum Gasteiger partial charge on any atom is -0.492 e. The van der Waals surface area contributed by atoms with Crippen LogP contribution in [0, 0.1) is 12.8 Å². The van der Waals surface area contributed by atoms with Crippen LogP contribution >= 0.6 is 11.6 Å². The van der Waals surface area contributed by atoms with Crippen molar-refractivity contribution in [3.63, 3.8) is 0 Å². The van der Waals surface area contributed by atoms with Gasteiger partial charge in [-0.1, -0.05) is 55.3 Å². The van der Waals surface area contributed by atoms with Gasteiger partial charge >= 0.3 is 0 Å². The Hall–Kier alpha value is -2.09. The molecule has 0 radical (unpaired) electrons. The lowest BCUT2D eigenvalue weighted by Gasteiger charge is -2.29. The number of halogens is 1. The Morgan fingerprint density at radius 2 is 1.90 bits per heavy atom. The van der Waals surface area contributed by atoms with E-state index >= 15 is 0 Å². The summed E-state index contributed by atoms with van der Waals surface area (Å²) >= 11 is 6.21. The number of fused-ring (bicyclic) bond motifs is 1. The van der Waals surface area contributed by atoms with Crippen molar-refractivity contribution in [2.24, 2.45) is 5.92 Å². The van der Waals surface area contributed by atoms with E-state index in [4.69, 9.17) is 16.3 Å². The van der Waals surface area contributed by atoms with Gasteiger partial charge in [-0.25, -0.2) is 8.42 Å². The first-order chi connectivity index (χ1) is 14.2. The van der Waals surface area contributed by atoms with Crippen LogP contribution in [0.4, 0.5) is 0 Å². The summed E-state index contributed by atoms with van der Waals surface area (Å²) in [4.78, 5) is 13.2. The zero-order chi connectivity index (χ0) is 21.9. The summed E-state index contributed by atoms with van der Waals surface area (Å²) in [6, 6.07) is 10.8. The molecule has 2 atom stereocenters. The summed E-state index contributed by atoms with van der Waals surface area (Å²) in [5.41, 5.74) is 1.76. The van der Waals surface area contributed by atoms with E-state index in [0.29, 0.717) is 30.2 Å². The third-order valence-corrected chi connectivity index (χ3v) is 6.78. The van der Waals surface area contributed by atoms with E-state index in [1.807, 2.05) is 26.8 Å². The molecule has 6 nitrogen and oxygen atoms in total. The molecule has 1 aliphatic heterocycles. The van der Waals surface area contributed by atoms with Crippen molar-refractivity contribution in [1.29, 1.82) is 0 Å². The van der Waals surface area contributed by atoms with Gasteiger partial charge in [-0.2, -0.15) is 4.72 Å². The van der Waals surface area contributed by atoms with Crippen molar-refractivity contribution in [2.75, 3.05) is 6.61 Å². The van der Waals surface area contributed by atoms with Gasteiger partial charge in [0.2, 0.25) is 15.9 Å². The first-order valence-corrected chi connectivity index (χ1v) is 11.8. The predicted octanol–water partition coefficient (Wildman–Crippen LogP) is 3.98. The molecule has 0 aromatic heterocycles. The van der Waals surface area contributed by atoms with Crippen LogP contribution in [0.5, 0.6) is 5.75 Å². The highest BCUT2D eigenvalue weighted by atomic mass is 35.5. The molecular weight excluding hydrogens is 424 g/mol. The van der Waals surface area contributed by atoms with Gasteiger partial charge in [-0.15, -0.1) is 0 Å². The molecule has 8 heteroatoms. The van der Waals surface area contributed by atoms with Gasteiger partial charge in [-0.3, -0.25) is 4.79 Å². The molecular formula is C22H27ClN2O4S. The molecule has 3 rings (SSSR count). The number of sulfonamides is 1. The lowest BCUT2D eigenvalue weighted by Crippen LogP contribution is -2.48. The fourth-order valence-electron chi connectivity index (χ4n) is 3.46. The average molecular weight is 451 g/mol. The molecule has 0 aliphatic carbocycles. The minimum absolute atomic E-state index is 0.123. The molecule has 30 heavy (non-hydrogen) atoms.